The molecule has 6 nitrogen and oxygen atoms in total. The van der Waals surface area contributed by atoms with Crippen LogP contribution >= 0.6 is 0 Å². The van der Waals surface area contributed by atoms with Crippen LogP contribution in [-0.2, 0) is 0 Å². The zero-order chi connectivity index (χ0) is 18.8. The van der Waals surface area contributed by atoms with Gasteiger partial charge in [-0.05, 0) is 42.0 Å². The molecule has 0 atom stereocenters. The van der Waals surface area contributed by atoms with Crippen LogP contribution in [-0.4, -0.2) is 22.0 Å². The molecule has 4 aromatic rings. The molecule has 0 fully saturated rings. The number of hydrogen-bond acceptors (Lipinski definition) is 5. The minimum Gasteiger partial charge on any atom is -0.373 e. The summed E-state index contributed by atoms with van der Waals surface area (Å²) in [6, 6.07) is 18.5. The van der Waals surface area contributed by atoms with Gasteiger partial charge in [-0.15, -0.1) is 0 Å². The van der Waals surface area contributed by atoms with Gasteiger partial charge in [0.25, 0.3) is 0 Å². The van der Waals surface area contributed by atoms with Gasteiger partial charge in [0.05, 0.1) is 17.3 Å². The Balaban J connectivity index is 2.04. The summed E-state index contributed by atoms with van der Waals surface area (Å²) in [4.78, 5) is 23.5. The van der Waals surface area contributed by atoms with Gasteiger partial charge in [-0.2, -0.15) is 5.26 Å². The Morgan fingerprint density at radius 2 is 1.96 bits per heavy atom. The number of rotatable bonds is 3. The maximum atomic E-state index is 11.7. The normalized spacial score (nSPS) is 10.5. The number of pyridine rings is 3. The molecule has 0 saturated heterocycles. The van der Waals surface area contributed by atoms with Gasteiger partial charge in [-0.3, -0.25) is 4.79 Å². The van der Waals surface area contributed by atoms with Crippen LogP contribution < -0.4 is 10.9 Å². The number of benzene rings is 1. The molecular formula is C21H15N5O. The van der Waals surface area contributed by atoms with Crippen LogP contribution in [0, 0.1) is 11.3 Å². The molecule has 0 bridgehead atoms. The van der Waals surface area contributed by atoms with Crippen molar-refractivity contribution in [2.45, 2.75) is 0 Å². The molecule has 0 aliphatic heterocycles. The number of aromatic nitrogens is 3. The fourth-order valence-electron chi connectivity index (χ4n) is 2.99. The molecule has 3 aromatic heterocycles. The summed E-state index contributed by atoms with van der Waals surface area (Å²) in [6.07, 6.45) is 1.73. The third kappa shape index (κ3) is 3.14. The minimum absolute atomic E-state index is 0.208. The van der Waals surface area contributed by atoms with Gasteiger partial charge in [-0.1, -0.05) is 12.1 Å². The Hall–Kier alpha value is -3.98. The van der Waals surface area contributed by atoms with E-state index in [-0.39, 0.29) is 5.56 Å². The second kappa shape index (κ2) is 6.73. The number of nitrogens with one attached hydrogen (secondary N) is 2. The molecule has 2 N–H and O–H groups in total. The van der Waals surface area contributed by atoms with Gasteiger partial charge in [0.2, 0.25) is 5.56 Å². The number of aromatic amines is 1. The number of nitriles is 1. The highest BCUT2D eigenvalue weighted by molar-refractivity contribution is 5.90. The van der Waals surface area contributed by atoms with E-state index >= 15 is 0 Å². The second-order valence-electron chi connectivity index (χ2n) is 6.02. The fraction of sp³-hybridized carbons (Fsp3) is 0.0476. The average molecular weight is 353 g/mol. The predicted molar refractivity (Wildman–Crippen MR) is 105 cm³/mol. The largest absolute Gasteiger partial charge is 0.373 e. The standard InChI is InChI=1S/C21H15N5O/c1-23-18-11-14(7-8-24-18)17-10-16-5-6-19(27)25-21(16)26-20(17)15-4-2-3-13(9-15)12-22/h2-11H,1H3,(H,23,24)(H,25,26,27). The van der Waals surface area contributed by atoms with Crippen molar-refractivity contribution in [3.8, 4) is 28.5 Å². The lowest BCUT2D eigenvalue weighted by atomic mass is 9.97. The molecule has 0 saturated carbocycles. The third-order valence-electron chi connectivity index (χ3n) is 4.30. The number of fused-ring (bicyclic) bond motifs is 1. The molecule has 0 radical (unpaired) electrons. The molecule has 0 amide bonds. The SMILES string of the molecule is CNc1cc(-c2cc3ccc(=O)[nH]c3nc2-c2cccc(C#N)c2)ccn1. The summed E-state index contributed by atoms with van der Waals surface area (Å²) < 4.78 is 0. The van der Waals surface area contributed by atoms with Crippen LogP contribution in [0.5, 0.6) is 0 Å². The lowest BCUT2D eigenvalue weighted by Crippen LogP contribution is -2.04. The van der Waals surface area contributed by atoms with Gasteiger partial charge in [0.15, 0.2) is 0 Å². The first-order valence-electron chi connectivity index (χ1n) is 8.37. The predicted octanol–water partition coefficient (Wildman–Crippen LogP) is 3.57. The zero-order valence-corrected chi connectivity index (χ0v) is 14.5. The van der Waals surface area contributed by atoms with Crippen molar-refractivity contribution in [1.82, 2.24) is 15.0 Å². The number of hydrogen-bond donors (Lipinski definition) is 2. The molecule has 6 heteroatoms. The first-order chi connectivity index (χ1) is 13.2. The van der Waals surface area contributed by atoms with Gasteiger partial charge >= 0.3 is 0 Å². The maximum Gasteiger partial charge on any atom is 0.249 e. The monoisotopic (exact) mass is 353 g/mol. The Labute approximate surface area is 155 Å². The maximum absolute atomic E-state index is 11.7. The molecule has 4 rings (SSSR count). The molecule has 1 aromatic carbocycles. The molecule has 3 heterocycles. The van der Waals surface area contributed by atoms with Gasteiger partial charge in [-0.25, -0.2) is 9.97 Å². The van der Waals surface area contributed by atoms with E-state index in [0.717, 1.165) is 27.9 Å². The van der Waals surface area contributed by atoms with E-state index in [1.54, 1.807) is 24.4 Å². The van der Waals surface area contributed by atoms with Crippen molar-refractivity contribution in [2.75, 3.05) is 12.4 Å². The Morgan fingerprint density at radius 1 is 1.07 bits per heavy atom. The molecule has 130 valence electrons. The Morgan fingerprint density at radius 3 is 2.78 bits per heavy atom. The van der Waals surface area contributed by atoms with Crippen LogP contribution in [0.25, 0.3) is 33.4 Å². The highest BCUT2D eigenvalue weighted by atomic mass is 16.1. The molecule has 0 spiro atoms. The molecule has 27 heavy (non-hydrogen) atoms. The van der Waals surface area contributed by atoms with Crippen molar-refractivity contribution in [3.05, 3.63) is 76.7 Å². The van der Waals surface area contributed by atoms with Crippen LogP contribution in [0.1, 0.15) is 5.56 Å². The summed E-state index contributed by atoms with van der Waals surface area (Å²) in [5.74, 6) is 0.741. The second-order valence-corrected chi connectivity index (χ2v) is 6.02. The van der Waals surface area contributed by atoms with Crippen molar-refractivity contribution >= 4 is 16.9 Å². The van der Waals surface area contributed by atoms with E-state index in [0.29, 0.717) is 16.9 Å². The molecular weight excluding hydrogens is 338 g/mol. The smallest absolute Gasteiger partial charge is 0.249 e. The van der Waals surface area contributed by atoms with Crippen LogP contribution in [0.2, 0.25) is 0 Å². The number of anilines is 1. The van der Waals surface area contributed by atoms with E-state index in [1.165, 1.54) is 6.07 Å². The lowest BCUT2D eigenvalue weighted by molar-refractivity contribution is 1.23. The van der Waals surface area contributed by atoms with Gasteiger partial charge in [0, 0.05) is 35.8 Å². The molecule has 0 aliphatic rings. The summed E-state index contributed by atoms with van der Waals surface area (Å²) in [7, 11) is 1.81. The van der Waals surface area contributed by atoms with E-state index in [1.807, 2.05) is 37.4 Å². The van der Waals surface area contributed by atoms with Crippen molar-refractivity contribution in [3.63, 3.8) is 0 Å². The van der Waals surface area contributed by atoms with Crippen LogP contribution in [0.3, 0.4) is 0 Å². The highest BCUT2D eigenvalue weighted by Gasteiger charge is 2.13. The van der Waals surface area contributed by atoms with Gasteiger partial charge in [0.1, 0.15) is 11.5 Å². The highest BCUT2D eigenvalue weighted by Crippen LogP contribution is 2.33. The van der Waals surface area contributed by atoms with E-state index in [2.05, 4.69) is 21.4 Å². The summed E-state index contributed by atoms with van der Waals surface area (Å²) >= 11 is 0. The van der Waals surface area contributed by atoms with E-state index < -0.39 is 0 Å². The third-order valence-corrected chi connectivity index (χ3v) is 4.30. The van der Waals surface area contributed by atoms with Crippen molar-refractivity contribution < 1.29 is 0 Å². The quantitative estimate of drug-likeness (QED) is 0.587. The summed E-state index contributed by atoms with van der Waals surface area (Å²) in [6.45, 7) is 0. The average Bonchev–Trinajstić information content (AvgIpc) is 2.72. The topological polar surface area (TPSA) is 94.5 Å². The van der Waals surface area contributed by atoms with Crippen molar-refractivity contribution in [1.29, 1.82) is 5.26 Å². The molecule has 0 unspecified atom stereocenters. The van der Waals surface area contributed by atoms with E-state index in [9.17, 15) is 10.1 Å². The van der Waals surface area contributed by atoms with Crippen LogP contribution in [0.15, 0.2) is 65.6 Å². The zero-order valence-electron chi connectivity index (χ0n) is 14.5. The summed E-state index contributed by atoms with van der Waals surface area (Å²) in [5.41, 5.74) is 4.17. The Bertz CT molecular complexity index is 1250. The van der Waals surface area contributed by atoms with Crippen LogP contribution in [0.4, 0.5) is 5.82 Å². The van der Waals surface area contributed by atoms with E-state index in [4.69, 9.17) is 4.98 Å². The summed E-state index contributed by atoms with van der Waals surface area (Å²) in [5, 5.41) is 13.1. The number of nitrogens with zero attached hydrogens (tertiary/aromatic N) is 3. The minimum atomic E-state index is -0.208. The first-order valence-corrected chi connectivity index (χ1v) is 8.37. The number of H-pyrrole nitrogens is 1. The lowest BCUT2D eigenvalue weighted by Gasteiger charge is -2.12. The van der Waals surface area contributed by atoms with Crippen molar-refractivity contribution in [2.24, 2.45) is 0 Å². The fourth-order valence-corrected chi connectivity index (χ4v) is 2.99. The first kappa shape index (κ1) is 16.5. The molecule has 0 aliphatic carbocycles. The Kier molecular flexibility index (Phi) is 4.11. The van der Waals surface area contributed by atoms with Gasteiger partial charge < -0.3 is 10.3 Å².